The summed E-state index contributed by atoms with van der Waals surface area (Å²) < 4.78 is 36.1. The van der Waals surface area contributed by atoms with Gasteiger partial charge in [0.1, 0.15) is 18.2 Å². The van der Waals surface area contributed by atoms with Crippen molar-refractivity contribution in [3.8, 4) is 23.2 Å². The van der Waals surface area contributed by atoms with Gasteiger partial charge in [0.25, 0.3) is 9.84 Å². The van der Waals surface area contributed by atoms with Crippen molar-refractivity contribution in [2.75, 3.05) is 50.4 Å². The number of benzene rings is 3. The average molecular weight is 713 g/mol. The van der Waals surface area contributed by atoms with Crippen LogP contribution in [0.2, 0.25) is 0 Å². The molecular weight excluding hydrogens is 681 g/mol. The lowest BCUT2D eigenvalue weighted by Crippen LogP contribution is -2.50. The zero-order chi connectivity index (χ0) is 35.1. The second-order valence-corrected chi connectivity index (χ2v) is 14.1. The van der Waals surface area contributed by atoms with Crippen molar-refractivity contribution in [2.45, 2.75) is 22.0 Å². The highest BCUT2D eigenvalue weighted by atomic mass is 32.2. The van der Waals surface area contributed by atoms with Crippen LogP contribution >= 0.6 is 11.8 Å². The van der Waals surface area contributed by atoms with Gasteiger partial charge < -0.3 is 20.2 Å². The summed E-state index contributed by atoms with van der Waals surface area (Å²) in [5.74, 6) is -0.0232. The maximum absolute atomic E-state index is 13.3. The molecule has 1 aliphatic rings. The lowest BCUT2D eigenvalue weighted by atomic mass is 10.1. The molecule has 0 spiro atoms. The first-order chi connectivity index (χ1) is 24.2. The molecule has 256 valence electrons. The van der Waals surface area contributed by atoms with Gasteiger partial charge in [0.15, 0.2) is 11.0 Å². The number of piperazine rings is 1. The molecule has 1 amide bonds. The summed E-state index contributed by atoms with van der Waals surface area (Å²) in [5, 5.41) is 28.7. The highest BCUT2D eigenvalue weighted by Gasteiger charge is 2.36. The summed E-state index contributed by atoms with van der Waals surface area (Å²) in [6.07, 6.45) is 0. The number of carbonyl (C=O) groups excluding carboxylic acids is 1. The fourth-order valence-corrected chi connectivity index (χ4v) is 7.36. The summed E-state index contributed by atoms with van der Waals surface area (Å²) in [5.41, 5.74) is 3.37. The van der Waals surface area contributed by atoms with E-state index in [2.05, 4.69) is 36.0 Å². The first kappa shape index (κ1) is 34.4. The Bertz CT molecular complexity index is 2120. The number of thioether (sulfide) groups is 1. The Balaban J connectivity index is 1.05. The van der Waals surface area contributed by atoms with E-state index in [1.807, 2.05) is 61.5 Å². The zero-order valence-corrected chi connectivity index (χ0v) is 28.6. The van der Waals surface area contributed by atoms with Crippen LogP contribution in [0.3, 0.4) is 0 Å². The molecule has 0 aliphatic carbocycles. The topological polar surface area (TPSA) is 181 Å². The molecule has 1 aliphatic heterocycles. The van der Waals surface area contributed by atoms with Crippen LogP contribution in [0.15, 0.2) is 105 Å². The Morgan fingerprint density at radius 3 is 2.46 bits per heavy atom. The standard InChI is InChI=1S/C34H32N8O6S2/c1-24-9-8-12-26(21-24)36-31-28(22-35)30(25-10-4-2-5-11-25)37-34(38-31)49-23-29(43)41-17-15-40(16-18-41)19-20-47-32-33(42(44)48-39-32)50(45,46)27-13-6-3-7-14-27/h2-14,21H,15-20,23H2,1H3,(H,36,37,38). The number of hydrogen-bond acceptors (Lipinski definition) is 13. The molecule has 6 rings (SSSR count). The lowest BCUT2D eigenvalue weighted by Gasteiger charge is -2.34. The van der Waals surface area contributed by atoms with Crippen LogP contribution in [0.25, 0.3) is 11.3 Å². The van der Waals surface area contributed by atoms with Crippen LogP contribution in [0.4, 0.5) is 11.5 Å². The summed E-state index contributed by atoms with van der Waals surface area (Å²) in [6, 6.07) is 26.9. The minimum absolute atomic E-state index is 0.0480. The summed E-state index contributed by atoms with van der Waals surface area (Å²) in [6.45, 7) is 4.50. The molecule has 16 heteroatoms. The van der Waals surface area contributed by atoms with Gasteiger partial charge in [-0.2, -0.15) is 5.26 Å². The lowest BCUT2D eigenvalue weighted by molar-refractivity contribution is -0.832. The van der Waals surface area contributed by atoms with Gasteiger partial charge in [-0.25, -0.2) is 18.4 Å². The highest BCUT2D eigenvalue weighted by molar-refractivity contribution is 7.99. The summed E-state index contributed by atoms with van der Waals surface area (Å²) in [7, 11) is -4.21. The van der Waals surface area contributed by atoms with Crippen molar-refractivity contribution in [3.05, 3.63) is 101 Å². The predicted octanol–water partition coefficient (Wildman–Crippen LogP) is 3.84. The number of nitrogens with zero attached hydrogens (tertiary/aromatic N) is 7. The van der Waals surface area contributed by atoms with Gasteiger partial charge in [0.05, 0.1) is 21.5 Å². The van der Waals surface area contributed by atoms with Crippen molar-refractivity contribution < 1.29 is 27.5 Å². The van der Waals surface area contributed by atoms with E-state index in [0.29, 0.717) is 55.0 Å². The molecule has 1 saturated heterocycles. The molecule has 0 radical (unpaired) electrons. The molecule has 5 aromatic rings. The zero-order valence-electron chi connectivity index (χ0n) is 26.9. The van der Waals surface area contributed by atoms with Crippen molar-refractivity contribution in [2.24, 2.45) is 0 Å². The Hall–Kier alpha value is -5.50. The van der Waals surface area contributed by atoms with Gasteiger partial charge in [-0.05, 0) is 41.7 Å². The molecular formula is C34H32N8O6S2. The number of nitrogens with one attached hydrogen (secondary N) is 1. The van der Waals surface area contributed by atoms with E-state index in [1.165, 1.54) is 23.9 Å². The average Bonchev–Trinajstić information content (AvgIpc) is 3.52. The molecule has 50 heavy (non-hydrogen) atoms. The van der Waals surface area contributed by atoms with Gasteiger partial charge in [-0.3, -0.25) is 14.3 Å². The van der Waals surface area contributed by atoms with E-state index in [0.717, 1.165) is 16.8 Å². The van der Waals surface area contributed by atoms with Crippen LogP contribution in [0.1, 0.15) is 11.1 Å². The van der Waals surface area contributed by atoms with E-state index in [9.17, 15) is 23.7 Å². The molecule has 3 heterocycles. The van der Waals surface area contributed by atoms with E-state index >= 15 is 0 Å². The number of carbonyl (C=O) groups is 1. The number of nitriles is 1. The fraction of sp³-hybridized carbons (Fsp3) is 0.235. The second kappa shape index (κ2) is 15.4. The molecule has 1 N–H and O–H groups in total. The van der Waals surface area contributed by atoms with E-state index in [1.54, 1.807) is 23.1 Å². The molecule has 0 saturated carbocycles. The molecule has 2 aromatic heterocycles. The third kappa shape index (κ3) is 7.86. The summed E-state index contributed by atoms with van der Waals surface area (Å²) in [4.78, 5) is 26.1. The number of ether oxygens (including phenoxy) is 1. The Morgan fingerprint density at radius 2 is 1.76 bits per heavy atom. The molecule has 0 unspecified atom stereocenters. The number of aryl methyl sites for hydroxylation is 1. The monoisotopic (exact) mass is 712 g/mol. The molecule has 1 fully saturated rings. The largest absolute Gasteiger partial charge is 0.453 e. The quantitative estimate of drug-likeness (QED) is 0.112. The maximum atomic E-state index is 13.3. The van der Waals surface area contributed by atoms with Crippen LogP contribution in [0.5, 0.6) is 5.88 Å². The predicted molar refractivity (Wildman–Crippen MR) is 183 cm³/mol. The number of rotatable bonds is 12. The van der Waals surface area contributed by atoms with Crippen molar-refractivity contribution in [1.29, 1.82) is 5.26 Å². The Kier molecular flexibility index (Phi) is 10.6. The minimum Gasteiger partial charge on any atom is -0.453 e. The Morgan fingerprint density at radius 1 is 1.04 bits per heavy atom. The number of amides is 1. The van der Waals surface area contributed by atoms with E-state index < -0.39 is 20.7 Å². The Labute approximate surface area is 292 Å². The first-order valence-electron chi connectivity index (χ1n) is 15.6. The first-order valence-corrected chi connectivity index (χ1v) is 18.1. The SMILES string of the molecule is Cc1cccc(Nc2nc(SCC(=O)N3CCN(CCOc4no[n+]([O-])c4S(=O)(=O)c4ccccc4)CC3)nc(-c3ccccc3)c2C#N)c1. The van der Waals surface area contributed by atoms with E-state index in [-0.39, 0.29) is 28.1 Å². The number of hydrogen-bond donors (Lipinski definition) is 1. The number of anilines is 2. The molecule has 14 nitrogen and oxygen atoms in total. The van der Waals surface area contributed by atoms with Crippen LogP contribution < -0.4 is 15.0 Å². The van der Waals surface area contributed by atoms with E-state index in [4.69, 9.17) is 4.74 Å². The third-order valence-electron chi connectivity index (χ3n) is 7.88. The van der Waals surface area contributed by atoms with Gasteiger partial charge in [-0.15, -0.1) is 0 Å². The van der Waals surface area contributed by atoms with Crippen LogP contribution in [-0.4, -0.2) is 84.3 Å². The fourth-order valence-electron chi connectivity index (χ4n) is 5.32. The second-order valence-electron chi connectivity index (χ2n) is 11.3. The van der Waals surface area contributed by atoms with Gasteiger partial charge in [0, 0.05) is 44.0 Å². The van der Waals surface area contributed by atoms with Crippen molar-refractivity contribution in [1.82, 2.24) is 24.9 Å². The van der Waals surface area contributed by atoms with Crippen LogP contribution in [0, 0.1) is 23.5 Å². The molecule has 0 bridgehead atoms. The molecule has 0 atom stereocenters. The minimum atomic E-state index is -4.21. The van der Waals surface area contributed by atoms with Gasteiger partial charge in [-0.1, -0.05) is 72.4 Å². The van der Waals surface area contributed by atoms with Crippen LogP contribution in [-0.2, 0) is 14.6 Å². The van der Waals surface area contributed by atoms with Gasteiger partial charge >= 0.3 is 10.9 Å². The van der Waals surface area contributed by atoms with Crippen molar-refractivity contribution >= 4 is 39.0 Å². The highest BCUT2D eigenvalue weighted by Crippen LogP contribution is 2.31. The third-order valence-corrected chi connectivity index (χ3v) is 10.4. The summed E-state index contributed by atoms with van der Waals surface area (Å²) >= 11 is 1.21. The smallest absolute Gasteiger partial charge is 0.415 e. The maximum Gasteiger partial charge on any atom is 0.415 e. The van der Waals surface area contributed by atoms with Crippen molar-refractivity contribution in [3.63, 3.8) is 0 Å². The number of aromatic nitrogens is 4. The van der Waals surface area contributed by atoms with Gasteiger partial charge in [0.2, 0.25) is 5.91 Å². The normalized spacial score (nSPS) is 13.5. The number of sulfone groups is 1. The molecule has 3 aromatic carbocycles.